The summed E-state index contributed by atoms with van der Waals surface area (Å²) in [5.41, 5.74) is 8.48. The number of methoxy groups -OCH3 is 1. The van der Waals surface area contributed by atoms with Gasteiger partial charge in [0.15, 0.2) is 5.96 Å². The van der Waals surface area contributed by atoms with Crippen molar-refractivity contribution in [1.82, 2.24) is 10.3 Å². The zero-order valence-corrected chi connectivity index (χ0v) is 12.5. The molecule has 0 aliphatic rings. The quantitative estimate of drug-likeness (QED) is 0.359. The largest absolute Gasteiger partial charge is 0.383 e. The minimum atomic E-state index is 0. The first-order chi connectivity index (χ1) is 7.24. The summed E-state index contributed by atoms with van der Waals surface area (Å²) in [5, 5.41) is 2.95. The van der Waals surface area contributed by atoms with Crippen LogP contribution < -0.4 is 11.1 Å². The molecule has 92 valence electrons. The van der Waals surface area contributed by atoms with Crippen molar-refractivity contribution in [3.8, 4) is 0 Å². The molecule has 16 heavy (non-hydrogen) atoms. The van der Waals surface area contributed by atoms with E-state index >= 15 is 0 Å². The van der Waals surface area contributed by atoms with Crippen LogP contribution in [0.4, 0.5) is 0 Å². The summed E-state index contributed by atoms with van der Waals surface area (Å²) in [5.74, 6) is 0.444. The highest BCUT2D eigenvalue weighted by Gasteiger charge is 1.99. The van der Waals surface area contributed by atoms with Crippen molar-refractivity contribution in [2.75, 3.05) is 20.3 Å². The van der Waals surface area contributed by atoms with E-state index in [9.17, 15) is 0 Å². The molecule has 1 heterocycles. The second-order valence-electron chi connectivity index (χ2n) is 2.98. The Morgan fingerprint density at radius 1 is 1.69 bits per heavy atom. The Kier molecular flexibility index (Phi) is 8.49. The minimum absolute atomic E-state index is 0. The monoisotopic (exact) mass is 356 g/mol. The molecule has 1 aromatic rings. The van der Waals surface area contributed by atoms with E-state index in [1.165, 1.54) is 0 Å². The van der Waals surface area contributed by atoms with Crippen LogP contribution in [0.3, 0.4) is 0 Å². The third-order valence-electron chi connectivity index (χ3n) is 1.85. The van der Waals surface area contributed by atoms with Crippen LogP contribution in [0.15, 0.2) is 10.5 Å². The molecule has 0 aliphatic heterocycles. The lowest BCUT2D eigenvalue weighted by molar-refractivity contribution is 0.204. The maximum absolute atomic E-state index is 5.65. The van der Waals surface area contributed by atoms with Gasteiger partial charge in [-0.3, -0.25) is 0 Å². The first-order valence-electron chi connectivity index (χ1n) is 4.65. The van der Waals surface area contributed by atoms with Crippen LogP contribution in [0, 0.1) is 6.92 Å². The Balaban J connectivity index is 0.00000225. The fraction of sp³-hybridized carbons (Fsp3) is 0.556. The predicted octanol–water partition coefficient (Wildman–Crippen LogP) is 1.12. The van der Waals surface area contributed by atoms with Gasteiger partial charge in [-0.25, -0.2) is 9.98 Å². The molecule has 0 fully saturated rings. The number of thiazole rings is 1. The smallest absolute Gasteiger partial charge is 0.189 e. The Hall–Kier alpha value is -0.410. The molecule has 0 aromatic carbocycles. The van der Waals surface area contributed by atoms with E-state index in [2.05, 4.69) is 15.3 Å². The SMILES string of the molecule is COCCNC(N)=NCc1scnc1C.I. The fourth-order valence-electron chi connectivity index (χ4n) is 0.972. The van der Waals surface area contributed by atoms with Gasteiger partial charge in [0.2, 0.25) is 0 Å². The molecule has 0 unspecified atom stereocenters. The van der Waals surface area contributed by atoms with Crippen molar-refractivity contribution in [3.63, 3.8) is 0 Å². The molecule has 0 amide bonds. The van der Waals surface area contributed by atoms with Gasteiger partial charge in [-0.2, -0.15) is 0 Å². The summed E-state index contributed by atoms with van der Waals surface area (Å²) >= 11 is 1.59. The standard InChI is InChI=1S/C9H16N4OS.HI/c1-7-8(15-6-13-7)5-12-9(10)11-3-4-14-2;/h6H,3-5H2,1-2H3,(H3,10,11,12);1H. The molecule has 0 bridgehead atoms. The van der Waals surface area contributed by atoms with Gasteiger partial charge in [-0.15, -0.1) is 35.3 Å². The molecular weight excluding hydrogens is 339 g/mol. The van der Waals surface area contributed by atoms with E-state index in [0.717, 1.165) is 10.6 Å². The minimum Gasteiger partial charge on any atom is -0.383 e. The molecule has 0 saturated carbocycles. The maximum atomic E-state index is 5.65. The van der Waals surface area contributed by atoms with Crippen LogP contribution in [0.1, 0.15) is 10.6 Å². The number of aryl methyl sites for hydroxylation is 1. The second-order valence-corrected chi connectivity index (χ2v) is 3.92. The highest BCUT2D eigenvalue weighted by molar-refractivity contribution is 14.0. The molecule has 0 saturated heterocycles. The highest BCUT2D eigenvalue weighted by Crippen LogP contribution is 2.12. The Bertz CT molecular complexity index is 329. The van der Waals surface area contributed by atoms with Crippen molar-refractivity contribution in [3.05, 3.63) is 16.1 Å². The Morgan fingerprint density at radius 3 is 3.00 bits per heavy atom. The van der Waals surface area contributed by atoms with Crippen molar-refractivity contribution in [2.24, 2.45) is 10.7 Å². The molecule has 5 nitrogen and oxygen atoms in total. The van der Waals surface area contributed by atoms with Crippen LogP contribution >= 0.6 is 35.3 Å². The number of rotatable bonds is 5. The summed E-state index contributed by atoms with van der Waals surface area (Å²) in [6.45, 7) is 3.85. The van der Waals surface area contributed by atoms with Crippen molar-refractivity contribution >= 4 is 41.3 Å². The van der Waals surface area contributed by atoms with Crippen molar-refractivity contribution < 1.29 is 4.74 Å². The van der Waals surface area contributed by atoms with Gasteiger partial charge in [-0.05, 0) is 6.92 Å². The molecule has 0 atom stereocenters. The predicted molar refractivity (Wildman–Crippen MR) is 77.5 cm³/mol. The van der Waals surface area contributed by atoms with Gasteiger partial charge in [-0.1, -0.05) is 0 Å². The average molecular weight is 356 g/mol. The second kappa shape index (κ2) is 8.71. The zero-order chi connectivity index (χ0) is 11.1. The fourth-order valence-corrected chi connectivity index (χ4v) is 1.67. The normalized spacial score (nSPS) is 11.0. The third kappa shape index (κ3) is 5.61. The van der Waals surface area contributed by atoms with Crippen LogP contribution in [-0.2, 0) is 11.3 Å². The van der Waals surface area contributed by atoms with Gasteiger partial charge in [0.25, 0.3) is 0 Å². The molecule has 1 rings (SSSR count). The Labute approximate surface area is 117 Å². The topological polar surface area (TPSA) is 72.5 Å². The molecule has 3 N–H and O–H groups in total. The number of nitrogens with two attached hydrogens (primary N) is 1. The molecule has 0 aliphatic carbocycles. The Morgan fingerprint density at radius 2 is 2.44 bits per heavy atom. The highest BCUT2D eigenvalue weighted by atomic mass is 127. The van der Waals surface area contributed by atoms with Crippen LogP contribution in [0.5, 0.6) is 0 Å². The van der Waals surface area contributed by atoms with Gasteiger partial charge in [0.05, 0.1) is 24.4 Å². The lowest BCUT2D eigenvalue weighted by atomic mass is 10.4. The number of halogens is 1. The van der Waals surface area contributed by atoms with Crippen LogP contribution in [0.2, 0.25) is 0 Å². The molecule has 7 heteroatoms. The lowest BCUT2D eigenvalue weighted by Crippen LogP contribution is -2.34. The van der Waals surface area contributed by atoms with Crippen molar-refractivity contribution in [2.45, 2.75) is 13.5 Å². The molecule has 0 spiro atoms. The number of ether oxygens (including phenoxy) is 1. The number of aliphatic imine (C=N–C) groups is 1. The first kappa shape index (κ1) is 15.6. The van der Waals surface area contributed by atoms with Gasteiger partial charge in [0.1, 0.15) is 0 Å². The average Bonchev–Trinajstić information content (AvgIpc) is 2.61. The number of nitrogens with one attached hydrogen (secondary N) is 1. The number of guanidine groups is 1. The summed E-state index contributed by atoms with van der Waals surface area (Å²) < 4.78 is 4.88. The van der Waals surface area contributed by atoms with Crippen LogP contribution in [-0.4, -0.2) is 31.2 Å². The number of hydrogen-bond donors (Lipinski definition) is 2. The zero-order valence-electron chi connectivity index (χ0n) is 9.40. The summed E-state index contributed by atoms with van der Waals surface area (Å²) in [7, 11) is 1.65. The van der Waals surface area contributed by atoms with E-state index in [4.69, 9.17) is 10.5 Å². The molecule has 1 aromatic heterocycles. The van der Waals surface area contributed by atoms with E-state index < -0.39 is 0 Å². The lowest BCUT2D eigenvalue weighted by Gasteiger charge is -2.03. The van der Waals surface area contributed by atoms with Gasteiger partial charge < -0.3 is 15.8 Å². The maximum Gasteiger partial charge on any atom is 0.189 e. The van der Waals surface area contributed by atoms with Crippen molar-refractivity contribution in [1.29, 1.82) is 0 Å². The van der Waals surface area contributed by atoms with E-state index in [1.54, 1.807) is 18.4 Å². The number of hydrogen-bond acceptors (Lipinski definition) is 4. The summed E-state index contributed by atoms with van der Waals surface area (Å²) in [4.78, 5) is 9.48. The van der Waals surface area contributed by atoms with Gasteiger partial charge in [0, 0.05) is 18.5 Å². The number of aromatic nitrogens is 1. The molecular formula is C9H17IN4OS. The first-order valence-corrected chi connectivity index (χ1v) is 5.53. The van der Waals surface area contributed by atoms with Crippen LogP contribution in [0.25, 0.3) is 0 Å². The summed E-state index contributed by atoms with van der Waals surface area (Å²) in [6, 6.07) is 0. The van der Waals surface area contributed by atoms with E-state index in [0.29, 0.717) is 25.7 Å². The summed E-state index contributed by atoms with van der Waals surface area (Å²) in [6.07, 6.45) is 0. The van der Waals surface area contributed by atoms with E-state index in [-0.39, 0.29) is 24.0 Å². The van der Waals surface area contributed by atoms with E-state index in [1.807, 2.05) is 12.4 Å². The number of nitrogens with zero attached hydrogens (tertiary/aromatic N) is 2. The van der Waals surface area contributed by atoms with Gasteiger partial charge >= 0.3 is 0 Å². The molecule has 0 radical (unpaired) electrons. The third-order valence-corrected chi connectivity index (χ3v) is 2.77.